The number of nitrogens with zero attached hydrogens (tertiary/aromatic N) is 2. The van der Waals surface area contributed by atoms with Crippen LogP contribution in [-0.4, -0.2) is 39.7 Å². The Labute approximate surface area is 136 Å². The summed E-state index contributed by atoms with van der Waals surface area (Å²) in [5.41, 5.74) is 1.54. The molecule has 6 nitrogen and oxygen atoms in total. The quantitative estimate of drug-likeness (QED) is 0.858. The Morgan fingerprint density at radius 1 is 1.30 bits per heavy atom. The van der Waals surface area contributed by atoms with E-state index in [2.05, 4.69) is 10.3 Å². The molecule has 0 spiro atoms. The van der Waals surface area contributed by atoms with E-state index in [0.717, 1.165) is 5.56 Å². The number of hydrogen-bond donors (Lipinski definition) is 2. The van der Waals surface area contributed by atoms with Crippen molar-refractivity contribution in [3.05, 3.63) is 42.3 Å². The van der Waals surface area contributed by atoms with Gasteiger partial charge in [0, 0.05) is 18.2 Å². The Kier molecular flexibility index (Phi) is 5.76. The van der Waals surface area contributed by atoms with Crippen molar-refractivity contribution in [2.75, 3.05) is 6.54 Å². The van der Waals surface area contributed by atoms with E-state index in [-0.39, 0.29) is 25.2 Å². The summed E-state index contributed by atoms with van der Waals surface area (Å²) in [6.45, 7) is 6.04. The van der Waals surface area contributed by atoms with Gasteiger partial charge in [0.05, 0.1) is 18.3 Å². The van der Waals surface area contributed by atoms with Crippen LogP contribution >= 0.6 is 0 Å². The van der Waals surface area contributed by atoms with Crippen molar-refractivity contribution in [3.63, 3.8) is 0 Å². The van der Waals surface area contributed by atoms with Crippen LogP contribution in [0, 0.1) is 0 Å². The molecular weight excluding hydrogens is 294 g/mol. The van der Waals surface area contributed by atoms with Crippen molar-refractivity contribution in [2.45, 2.75) is 39.5 Å². The van der Waals surface area contributed by atoms with Gasteiger partial charge in [-0.05, 0) is 32.9 Å². The predicted octanol–water partition coefficient (Wildman–Crippen LogP) is 2.64. The van der Waals surface area contributed by atoms with Gasteiger partial charge in [0.2, 0.25) is 5.89 Å². The minimum atomic E-state index is -0.570. The molecular formula is C17H23N3O3. The first-order chi connectivity index (χ1) is 11.0. The van der Waals surface area contributed by atoms with Crippen molar-refractivity contribution >= 4 is 6.03 Å². The number of oxazole rings is 1. The highest BCUT2D eigenvalue weighted by molar-refractivity contribution is 5.74. The normalized spacial score (nSPS) is 12.2. The van der Waals surface area contributed by atoms with Gasteiger partial charge in [-0.2, -0.15) is 0 Å². The van der Waals surface area contributed by atoms with E-state index < -0.39 is 6.10 Å². The number of benzene rings is 1. The van der Waals surface area contributed by atoms with Gasteiger partial charge >= 0.3 is 6.03 Å². The lowest BCUT2D eigenvalue weighted by Gasteiger charge is -2.27. The second kappa shape index (κ2) is 7.78. The molecule has 1 unspecified atom stereocenters. The summed E-state index contributed by atoms with van der Waals surface area (Å²) in [4.78, 5) is 18.2. The van der Waals surface area contributed by atoms with Crippen LogP contribution in [0.3, 0.4) is 0 Å². The summed E-state index contributed by atoms with van der Waals surface area (Å²) in [5.74, 6) is 0.527. The first-order valence-electron chi connectivity index (χ1n) is 7.69. The van der Waals surface area contributed by atoms with Crippen molar-refractivity contribution in [1.82, 2.24) is 15.2 Å². The molecule has 1 aromatic heterocycles. The van der Waals surface area contributed by atoms with Crippen LogP contribution in [0.1, 0.15) is 26.5 Å². The SMILES string of the molecule is CC(O)CN(C(=O)NCc1coc(-c2ccccc2)n1)C(C)C. The average Bonchev–Trinajstić information content (AvgIpc) is 2.99. The van der Waals surface area contributed by atoms with E-state index in [1.807, 2.05) is 44.2 Å². The molecule has 124 valence electrons. The number of aliphatic hydroxyl groups is 1. The van der Waals surface area contributed by atoms with Crippen LogP contribution in [0.15, 0.2) is 41.0 Å². The van der Waals surface area contributed by atoms with Crippen molar-refractivity contribution in [2.24, 2.45) is 0 Å². The largest absolute Gasteiger partial charge is 0.444 e. The highest BCUT2D eigenvalue weighted by Gasteiger charge is 2.18. The van der Waals surface area contributed by atoms with E-state index in [1.54, 1.807) is 11.8 Å². The van der Waals surface area contributed by atoms with Gasteiger partial charge in [-0.25, -0.2) is 9.78 Å². The number of carbonyl (C=O) groups excluding carboxylic acids is 1. The molecule has 6 heteroatoms. The van der Waals surface area contributed by atoms with Gasteiger partial charge in [-0.15, -0.1) is 0 Å². The van der Waals surface area contributed by atoms with E-state index in [4.69, 9.17) is 4.42 Å². The summed E-state index contributed by atoms with van der Waals surface area (Å²) in [6.07, 6.45) is 0.969. The van der Waals surface area contributed by atoms with E-state index >= 15 is 0 Å². The number of aliphatic hydroxyl groups excluding tert-OH is 1. The molecule has 2 rings (SSSR count). The van der Waals surface area contributed by atoms with Gasteiger partial charge in [-0.1, -0.05) is 18.2 Å². The second-order valence-corrected chi connectivity index (χ2v) is 5.76. The summed E-state index contributed by atoms with van der Waals surface area (Å²) in [6, 6.07) is 9.35. The number of carbonyl (C=O) groups is 1. The van der Waals surface area contributed by atoms with Crippen LogP contribution in [-0.2, 0) is 6.54 Å². The van der Waals surface area contributed by atoms with Crippen molar-refractivity contribution in [3.8, 4) is 11.5 Å². The Morgan fingerprint density at radius 3 is 2.61 bits per heavy atom. The Bertz CT molecular complexity index is 623. The Morgan fingerprint density at radius 2 is 2.00 bits per heavy atom. The van der Waals surface area contributed by atoms with Crippen molar-refractivity contribution < 1.29 is 14.3 Å². The lowest BCUT2D eigenvalue weighted by molar-refractivity contribution is 0.118. The number of aromatic nitrogens is 1. The van der Waals surface area contributed by atoms with Gasteiger partial charge in [0.15, 0.2) is 0 Å². The molecule has 2 N–H and O–H groups in total. The minimum Gasteiger partial charge on any atom is -0.444 e. The van der Waals surface area contributed by atoms with Gasteiger partial charge in [-0.3, -0.25) is 0 Å². The topological polar surface area (TPSA) is 78.6 Å². The van der Waals surface area contributed by atoms with Crippen LogP contribution in [0.2, 0.25) is 0 Å². The third kappa shape index (κ3) is 4.82. The third-order valence-electron chi connectivity index (χ3n) is 3.34. The van der Waals surface area contributed by atoms with Crippen LogP contribution in [0.25, 0.3) is 11.5 Å². The van der Waals surface area contributed by atoms with Crippen LogP contribution in [0.4, 0.5) is 4.79 Å². The number of urea groups is 1. The van der Waals surface area contributed by atoms with Gasteiger partial charge in [0.1, 0.15) is 6.26 Å². The molecule has 2 aromatic rings. The third-order valence-corrected chi connectivity index (χ3v) is 3.34. The van der Waals surface area contributed by atoms with E-state index in [0.29, 0.717) is 11.6 Å². The van der Waals surface area contributed by atoms with Crippen LogP contribution in [0.5, 0.6) is 0 Å². The molecule has 0 saturated carbocycles. The molecule has 0 aliphatic heterocycles. The fraction of sp³-hybridized carbons (Fsp3) is 0.412. The molecule has 0 saturated heterocycles. The van der Waals surface area contributed by atoms with Crippen molar-refractivity contribution in [1.29, 1.82) is 0 Å². The zero-order valence-corrected chi connectivity index (χ0v) is 13.7. The number of rotatable bonds is 6. The van der Waals surface area contributed by atoms with Crippen LogP contribution < -0.4 is 5.32 Å². The smallest absolute Gasteiger partial charge is 0.318 e. The Balaban J connectivity index is 1.95. The minimum absolute atomic E-state index is 0.00166. The standard InChI is InChI=1S/C17H23N3O3/c1-12(2)20(10-13(3)21)17(22)18-9-15-11-23-16(19-15)14-7-5-4-6-8-14/h4-8,11-13,21H,9-10H2,1-3H3,(H,18,22). The molecule has 0 aliphatic rings. The summed E-state index contributed by atoms with van der Waals surface area (Å²) >= 11 is 0. The molecule has 1 atom stereocenters. The lowest BCUT2D eigenvalue weighted by Crippen LogP contribution is -2.46. The predicted molar refractivity (Wildman–Crippen MR) is 87.7 cm³/mol. The van der Waals surface area contributed by atoms with E-state index in [9.17, 15) is 9.90 Å². The fourth-order valence-electron chi connectivity index (χ4n) is 2.18. The summed E-state index contributed by atoms with van der Waals surface area (Å²) < 4.78 is 5.44. The maximum Gasteiger partial charge on any atom is 0.318 e. The Hall–Kier alpha value is -2.34. The van der Waals surface area contributed by atoms with Gasteiger partial charge in [0.25, 0.3) is 0 Å². The van der Waals surface area contributed by atoms with Gasteiger partial charge < -0.3 is 19.7 Å². The second-order valence-electron chi connectivity index (χ2n) is 5.76. The highest BCUT2D eigenvalue weighted by Crippen LogP contribution is 2.17. The maximum atomic E-state index is 12.2. The zero-order valence-electron chi connectivity index (χ0n) is 13.7. The number of nitrogens with one attached hydrogen (secondary N) is 1. The zero-order chi connectivity index (χ0) is 16.8. The molecule has 1 heterocycles. The van der Waals surface area contributed by atoms with E-state index in [1.165, 1.54) is 6.26 Å². The monoisotopic (exact) mass is 317 g/mol. The molecule has 0 fully saturated rings. The summed E-state index contributed by atoms with van der Waals surface area (Å²) in [5, 5.41) is 12.3. The molecule has 0 aliphatic carbocycles. The summed E-state index contributed by atoms with van der Waals surface area (Å²) in [7, 11) is 0. The lowest BCUT2D eigenvalue weighted by atomic mass is 10.2. The fourth-order valence-corrected chi connectivity index (χ4v) is 2.18. The first-order valence-corrected chi connectivity index (χ1v) is 7.69. The number of amides is 2. The number of hydrogen-bond acceptors (Lipinski definition) is 4. The highest BCUT2D eigenvalue weighted by atomic mass is 16.3. The maximum absolute atomic E-state index is 12.2. The first kappa shape index (κ1) is 17.0. The molecule has 1 aromatic carbocycles. The molecule has 0 radical (unpaired) electrons. The molecule has 23 heavy (non-hydrogen) atoms. The molecule has 0 bridgehead atoms. The average molecular weight is 317 g/mol. The molecule has 2 amide bonds.